The number of benzene rings is 2. The number of rotatable bonds is 2. The lowest BCUT2D eigenvalue weighted by Gasteiger charge is -1.92. The van der Waals surface area contributed by atoms with Crippen molar-refractivity contribution in [2.75, 3.05) is 0 Å². The molecule has 0 saturated carbocycles. The molecule has 3 heterocycles. The highest BCUT2D eigenvalue weighted by Gasteiger charge is 2.16. The molecule has 0 spiro atoms. The van der Waals surface area contributed by atoms with Gasteiger partial charge in [-0.3, -0.25) is 4.79 Å². The number of hydrogen-bond acceptors (Lipinski definition) is 4. The van der Waals surface area contributed by atoms with Crippen LogP contribution in [0.1, 0.15) is 5.01 Å². The van der Waals surface area contributed by atoms with Gasteiger partial charge in [0, 0.05) is 27.2 Å². The molecule has 0 aliphatic heterocycles. The predicted molar refractivity (Wildman–Crippen MR) is 127 cm³/mol. The SMILES string of the molecule is Cn1c(=O)/c(=C/N=c2n(C)c3ccccc3n2C)s/c1=C\c1sc2ccc(F)cc2[n+]1C. The Bertz CT molecular complexity index is 1720. The van der Waals surface area contributed by atoms with E-state index in [-0.39, 0.29) is 11.4 Å². The second-order valence-corrected chi connectivity index (χ2v) is 9.71. The third-order valence-electron chi connectivity index (χ3n) is 5.64. The largest absolute Gasteiger partial charge is 0.313 e. The molecule has 0 bridgehead atoms. The van der Waals surface area contributed by atoms with Gasteiger partial charge in [-0.25, -0.2) is 9.38 Å². The number of para-hydroxylation sites is 2. The maximum Gasteiger partial charge on any atom is 0.270 e. The third kappa shape index (κ3) is 3.25. The van der Waals surface area contributed by atoms with Gasteiger partial charge in [0.15, 0.2) is 0 Å². The molecular weight excluding hydrogens is 445 g/mol. The first-order valence-electron chi connectivity index (χ1n) is 9.95. The Morgan fingerprint density at radius 1 is 1.00 bits per heavy atom. The van der Waals surface area contributed by atoms with E-state index < -0.39 is 0 Å². The van der Waals surface area contributed by atoms with Gasteiger partial charge in [0.05, 0.1) is 23.3 Å². The first-order chi connectivity index (χ1) is 15.3. The average Bonchev–Trinajstić information content (AvgIpc) is 3.33. The second-order valence-electron chi connectivity index (χ2n) is 7.59. The Balaban J connectivity index is 1.67. The Kier molecular flexibility index (Phi) is 4.94. The van der Waals surface area contributed by atoms with E-state index in [1.54, 1.807) is 35.2 Å². The summed E-state index contributed by atoms with van der Waals surface area (Å²) in [6, 6.07) is 12.8. The Labute approximate surface area is 190 Å². The zero-order valence-corrected chi connectivity index (χ0v) is 19.7. The fourth-order valence-electron chi connectivity index (χ4n) is 3.83. The highest BCUT2D eigenvalue weighted by atomic mass is 32.1. The van der Waals surface area contributed by atoms with Crippen LogP contribution < -0.4 is 24.9 Å². The van der Waals surface area contributed by atoms with Crippen LogP contribution in [0, 0.1) is 5.82 Å². The van der Waals surface area contributed by atoms with Gasteiger partial charge in [-0.1, -0.05) is 23.5 Å². The Hall–Kier alpha value is -3.30. The van der Waals surface area contributed by atoms with Crippen molar-refractivity contribution in [3.63, 3.8) is 0 Å². The molecular formula is C23H21FN5OS2+. The summed E-state index contributed by atoms with van der Waals surface area (Å²) in [5.74, 6) is -0.263. The van der Waals surface area contributed by atoms with E-state index in [4.69, 9.17) is 0 Å². The summed E-state index contributed by atoms with van der Waals surface area (Å²) in [6.07, 6.45) is 3.60. The molecule has 5 aromatic rings. The maximum atomic E-state index is 13.6. The van der Waals surface area contributed by atoms with Crippen molar-refractivity contribution in [2.45, 2.75) is 0 Å². The topological polar surface area (TPSA) is 48.1 Å². The lowest BCUT2D eigenvalue weighted by Crippen LogP contribution is -2.31. The van der Waals surface area contributed by atoms with E-state index in [1.807, 2.05) is 65.2 Å². The number of aryl methyl sites for hydroxylation is 3. The molecule has 0 aliphatic carbocycles. The number of thiazole rings is 2. The van der Waals surface area contributed by atoms with Crippen molar-refractivity contribution >= 4 is 56.2 Å². The lowest BCUT2D eigenvalue weighted by molar-refractivity contribution is -0.642. The lowest BCUT2D eigenvalue weighted by atomic mass is 10.3. The summed E-state index contributed by atoms with van der Waals surface area (Å²) < 4.78 is 23.6. The normalized spacial score (nSPS) is 13.0. The number of nitrogens with zero attached hydrogens (tertiary/aromatic N) is 5. The highest BCUT2D eigenvalue weighted by molar-refractivity contribution is 7.19. The Morgan fingerprint density at radius 2 is 1.69 bits per heavy atom. The van der Waals surface area contributed by atoms with Gasteiger partial charge in [0.1, 0.15) is 26.8 Å². The number of halogens is 1. The van der Waals surface area contributed by atoms with Crippen molar-refractivity contribution in [1.29, 1.82) is 0 Å². The van der Waals surface area contributed by atoms with Crippen molar-refractivity contribution in [1.82, 2.24) is 13.7 Å². The molecule has 0 unspecified atom stereocenters. The molecule has 0 radical (unpaired) electrons. The molecule has 0 atom stereocenters. The molecule has 32 heavy (non-hydrogen) atoms. The van der Waals surface area contributed by atoms with E-state index in [0.29, 0.717) is 4.53 Å². The van der Waals surface area contributed by atoms with Crippen molar-refractivity contribution in [3.8, 4) is 0 Å². The van der Waals surface area contributed by atoms with Crippen molar-refractivity contribution in [3.05, 3.63) is 78.5 Å². The molecule has 5 rings (SSSR count). The van der Waals surface area contributed by atoms with Crippen LogP contribution in [0.25, 0.3) is 33.5 Å². The van der Waals surface area contributed by atoms with Crippen molar-refractivity contribution in [2.24, 2.45) is 33.2 Å². The number of imidazole rings is 1. The number of aromatic nitrogens is 4. The average molecular weight is 467 g/mol. The molecule has 3 aromatic heterocycles. The second kappa shape index (κ2) is 7.68. The molecule has 162 valence electrons. The monoisotopic (exact) mass is 466 g/mol. The summed E-state index contributed by atoms with van der Waals surface area (Å²) >= 11 is 2.95. The minimum atomic E-state index is -0.263. The van der Waals surface area contributed by atoms with Gasteiger partial charge in [0.2, 0.25) is 11.1 Å². The van der Waals surface area contributed by atoms with Crippen LogP contribution in [0.15, 0.2) is 52.3 Å². The van der Waals surface area contributed by atoms with E-state index in [2.05, 4.69) is 4.99 Å². The van der Waals surface area contributed by atoms with E-state index in [0.717, 1.165) is 36.5 Å². The third-order valence-corrected chi connectivity index (χ3v) is 7.90. The maximum absolute atomic E-state index is 13.6. The van der Waals surface area contributed by atoms with Crippen molar-refractivity contribution < 1.29 is 8.96 Å². The Morgan fingerprint density at radius 3 is 2.38 bits per heavy atom. The minimum Gasteiger partial charge on any atom is -0.313 e. The van der Waals surface area contributed by atoms with Gasteiger partial charge in [-0.05, 0) is 24.3 Å². The zero-order valence-electron chi connectivity index (χ0n) is 18.0. The standard InChI is InChI=1S/C23H21FN5OS2/c1-26-17-11-14(24)9-10-18(17)31-20(26)12-21-29(4)22(30)19(32-21)13-25-23-27(2)15-7-5-6-8-16(15)28(23)3/h5-13H,1-4H3/q+1/b19-13-. The quantitative estimate of drug-likeness (QED) is 0.365. The van der Waals surface area contributed by atoms with Crippen LogP contribution in [-0.4, -0.2) is 13.7 Å². The zero-order chi connectivity index (χ0) is 22.6. The summed E-state index contributed by atoms with van der Waals surface area (Å²) in [7, 11) is 7.58. The molecule has 9 heteroatoms. The first-order valence-corrected chi connectivity index (χ1v) is 11.6. The fraction of sp³-hybridized carbons (Fsp3) is 0.174. The van der Waals surface area contributed by atoms with Crippen LogP contribution in [0.2, 0.25) is 0 Å². The number of fused-ring (bicyclic) bond motifs is 2. The van der Waals surface area contributed by atoms with Gasteiger partial charge in [-0.2, -0.15) is 4.57 Å². The first kappa shape index (κ1) is 20.6. The smallest absolute Gasteiger partial charge is 0.270 e. The van der Waals surface area contributed by atoms with Gasteiger partial charge in [-0.15, -0.1) is 11.3 Å². The molecule has 6 nitrogen and oxygen atoms in total. The van der Waals surface area contributed by atoms with Crippen LogP contribution in [-0.2, 0) is 28.2 Å². The van der Waals surface area contributed by atoms with Gasteiger partial charge < -0.3 is 13.7 Å². The number of hydrogen-bond donors (Lipinski definition) is 0. The van der Waals surface area contributed by atoms with Crippen LogP contribution >= 0.6 is 22.7 Å². The van der Waals surface area contributed by atoms with E-state index in [1.165, 1.54) is 23.5 Å². The van der Waals surface area contributed by atoms with Crippen LogP contribution in [0.5, 0.6) is 0 Å². The van der Waals surface area contributed by atoms with Gasteiger partial charge >= 0.3 is 0 Å². The summed E-state index contributed by atoms with van der Waals surface area (Å²) in [5, 5.41) is 0.936. The van der Waals surface area contributed by atoms with Crippen LogP contribution in [0.4, 0.5) is 4.39 Å². The molecule has 0 saturated heterocycles. The van der Waals surface area contributed by atoms with E-state index in [9.17, 15) is 9.18 Å². The molecule has 2 aromatic carbocycles. The highest BCUT2D eigenvalue weighted by Crippen LogP contribution is 2.21. The molecule has 0 N–H and O–H groups in total. The summed E-state index contributed by atoms with van der Waals surface area (Å²) in [4.78, 5) is 17.5. The molecule has 0 fully saturated rings. The summed E-state index contributed by atoms with van der Waals surface area (Å²) in [6.45, 7) is 0. The predicted octanol–water partition coefficient (Wildman–Crippen LogP) is 1.62. The van der Waals surface area contributed by atoms with Crippen LogP contribution in [0.3, 0.4) is 0 Å². The summed E-state index contributed by atoms with van der Waals surface area (Å²) in [5.41, 5.74) is 3.63. The molecule has 0 amide bonds. The van der Waals surface area contributed by atoms with Gasteiger partial charge in [0.25, 0.3) is 10.6 Å². The minimum absolute atomic E-state index is 0.0961. The van der Waals surface area contributed by atoms with E-state index >= 15 is 0 Å². The fourth-order valence-corrected chi connectivity index (χ4v) is 5.92. The molecule has 0 aliphatic rings.